The fraction of sp³-hybridized carbons (Fsp3) is 0.818. The van der Waals surface area contributed by atoms with Gasteiger partial charge in [0.1, 0.15) is 0 Å². The summed E-state index contributed by atoms with van der Waals surface area (Å²) in [4.78, 5) is 0. The molecule has 1 aliphatic rings. The number of rotatable bonds is 3. The molecule has 0 aromatic rings. The van der Waals surface area contributed by atoms with Gasteiger partial charge in [-0.05, 0) is 12.3 Å². The maximum atomic E-state index is 2.49. The summed E-state index contributed by atoms with van der Waals surface area (Å²) >= 11 is 0. The molecule has 0 radical (unpaired) electrons. The Labute approximate surface area is 78.1 Å². The van der Waals surface area contributed by atoms with E-state index in [0.717, 1.165) is 5.92 Å². The van der Waals surface area contributed by atoms with Crippen LogP contribution in [0.15, 0.2) is 11.8 Å². The van der Waals surface area contributed by atoms with Crippen molar-refractivity contribution in [3.8, 4) is 0 Å². The highest BCUT2D eigenvalue weighted by Crippen LogP contribution is 2.27. The van der Waals surface area contributed by atoms with Gasteiger partial charge in [-0.2, -0.15) is 0 Å². The average Bonchev–Trinajstić information content (AvgIpc) is 2.36. The fourth-order valence-electron chi connectivity index (χ4n) is 1.86. The third-order valence-corrected chi connectivity index (χ3v) is 3.80. The Hall–Kier alpha value is -0.0431. The average molecular weight is 182 g/mol. The van der Waals surface area contributed by atoms with Gasteiger partial charge < -0.3 is 0 Å². The van der Waals surface area contributed by atoms with Gasteiger partial charge in [-0.15, -0.1) is 0 Å². The maximum absolute atomic E-state index is 2.49. The summed E-state index contributed by atoms with van der Waals surface area (Å²) in [5, 5.41) is 0. The molecule has 1 fully saturated rings. The number of hydrogen-bond donors (Lipinski definition) is 0. The van der Waals surface area contributed by atoms with E-state index in [9.17, 15) is 0 Å². The molecule has 0 N–H and O–H groups in total. The predicted octanol–water partition coefficient (Wildman–Crippen LogP) is 4.00. The summed E-state index contributed by atoms with van der Waals surface area (Å²) in [7, 11) is -0.910. The lowest BCUT2D eigenvalue weighted by molar-refractivity contribution is 0.558. The molecule has 12 heavy (non-hydrogen) atoms. The van der Waals surface area contributed by atoms with E-state index in [1.54, 1.807) is 0 Å². The molecule has 0 atom stereocenters. The summed E-state index contributed by atoms with van der Waals surface area (Å²) in [5.74, 6) is 1.03. The molecule has 0 saturated heterocycles. The second kappa shape index (κ2) is 4.27. The molecule has 1 rings (SSSR count). The molecule has 0 spiro atoms. The lowest BCUT2D eigenvalue weighted by Crippen LogP contribution is -2.15. The number of allylic oxidation sites excluding steroid dienone is 1. The van der Waals surface area contributed by atoms with Crippen molar-refractivity contribution in [1.82, 2.24) is 0 Å². The van der Waals surface area contributed by atoms with Crippen LogP contribution in [-0.2, 0) is 0 Å². The van der Waals surface area contributed by atoms with Crippen LogP contribution in [0.1, 0.15) is 32.1 Å². The Balaban J connectivity index is 2.20. The Kier molecular flexibility index (Phi) is 3.57. The van der Waals surface area contributed by atoms with Crippen LogP contribution in [0.5, 0.6) is 0 Å². The van der Waals surface area contributed by atoms with Crippen molar-refractivity contribution in [2.24, 2.45) is 5.92 Å². The van der Waals surface area contributed by atoms with E-state index >= 15 is 0 Å². The lowest BCUT2D eigenvalue weighted by atomic mass is 10.1. The molecular formula is C11H22Si. The van der Waals surface area contributed by atoms with E-state index in [1.807, 2.05) is 0 Å². The Bertz CT molecular complexity index is 147. The second-order valence-corrected chi connectivity index (χ2v) is 10.2. The minimum Gasteiger partial charge on any atom is -0.0989 e. The van der Waals surface area contributed by atoms with Crippen molar-refractivity contribution in [2.45, 2.75) is 51.7 Å². The van der Waals surface area contributed by atoms with Gasteiger partial charge >= 0.3 is 0 Å². The molecule has 1 aliphatic carbocycles. The van der Waals surface area contributed by atoms with E-state index in [-0.39, 0.29) is 0 Å². The summed E-state index contributed by atoms with van der Waals surface area (Å²) < 4.78 is 0. The van der Waals surface area contributed by atoms with Crippen molar-refractivity contribution in [3.05, 3.63) is 11.8 Å². The summed E-state index contributed by atoms with van der Waals surface area (Å²) in [6.07, 6.45) is 9.72. The zero-order chi connectivity index (χ0) is 9.03. The van der Waals surface area contributed by atoms with Crippen molar-refractivity contribution >= 4 is 8.07 Å². The normalized spacial score (nSPS) is 20.9. The SMILES string of the molecule is C[Si](C)(C)/C=C\CC1CCCC1. The van der Waals surface area contributed by atoms with Gasteiger partial charge in [0.15, 0.2) is 0 Å². The quantitative estimate of drug-likeness (QED) is 0.579. The highest BCUT2D eigenvalue weighted by Gasteiger charge is 2.13. The van der Waals surface area contributed by atoms with Gasteiger partial charge in [0.25, 0.3) is 0 Å². The summed E-state index contributed by atoms with van der Waals surface area (Å²) in [6.45, 7) is 7.20. The molecule has 0 unspecified atom stereocenters. The van der Waals surface area contributed by atoms with Crippen LogP contribution in [0.3, 0.4) is 0 Å². The molecule has 0 amide bonds. The van der Waals surface area contributed by atoms with E-state index in [2.05, 4.69) is 31.4 Å². The topological polar surface area (TPSA) is 0 Å². The van der Waals surface area contributed by atoms with Crippen LogP contribution < -0.4 is 0 Å². The van der Waals surface area contributed by atoms with Crippen LogP contribution in [-0.4, -0.2) is 8.07 Å². The minimum atomic E-state index is -0.910. The van der Waals surface area contributed by atoms with Crippen molar-refractivity contribution < 1.29 is 0 Å². The minimum absolute atomic E-state index is 0.910. The number of hydrogen-bond acceptors (Lipinski definition) is 0. The van der Waals surface area contributed by atoms with Crippen LogP contribution >= 0.6 is 0 Å². The van der Waals surface area contributed by atoms with E-state index in [4.69, 9.17) is 0 Å². The van der Waals surface area contributed by atoms with Crippen LogP contribution in [0, 0.1) is 5.92 Å². The van der Waals surface area contributed by atoms with Gasteiger partial charge in [0.2, 0.25) is 0 Å². The molecule has 0 bridgehead atoms. The van der Waals surface area contributed by atoms with Crippen LogP contribution in [0.2, 0.25) is 19.6 Å². The lowest BCUT2D eigenvalue weighted by Gasteiger charge is -2.09. The van der Waals surface area contributed by atoms with Crippen molar-refractivity contribution in [1.29, 1.82) is 0 Å². The highest BCUT2D eigenvalue weighted by atomic mass is 28.3. The van der Waals surface area contributed by atoms with Crippen LogP contribution in [0.4, 0.5) is 0 Å². The van der Waals surface area contributed by atoms with E-state index in [0.29, 0.717) is 0 Å². The predicted molar refractivity (Wildman–Crippen MR) is 59.1 cm³/mol. The molecule has 1 heteroatoms. The molecule has 1 saturated carbocycles. The molecule has 0 heterocycles. The van der Waals surface area contributed by atoms with Crippen molar-refractivity contribution in [3.63, 3.8) is 0 Å². The molecule has 0 aromatic carbocycles. The van der Waals surface area contributed by atoms with Crippen LogP contribution in [0.25, 0.3) is 0 Å². The smallest absolute Gasteiger partial charge is 0.0682 e. The first kappa shape index (κ1) is 10.0. The van der Waals surface area contributed by atoms with Gasteiger partial charge in [0, 0.05) is 0 Å². The second-order valence-electron chi connectivity index (χ2n) is 5.15. The summed E-state index contributed by atoms with van der Waals surface area (Å²) in [6, 6.07) is 0. The van der Waals surface area contributed by atoms with E-state index < -0.39 is 8.07 Å². The molecular weight excluding hydrogens is 160 g/mol. The monoisotopic (exact) mass is 182 g/mol. The largest absolute Gasteiger partial charge is 0.0989 e. The molecule has 70 valence electrons. The Morgan fingerprint density at radius 1 is 1.17 bits per heavy atom. The standard InChI is InChI=1S/C11H22Si/c1-12(2,3)10-6-9-11-7-4-5-8-11/h6,10-11H,4-5,7-9H2,1-3H3/b10-6-. The molecule has 0 nitrogen and oxygen atoms in total. The van der Waals surface area contributed by atoms with Gasteiger partial charge in [-0.3, -0.25) is 0 Å². The third-order valence-electron chi connectivity index (χ3n) is 2.56. The molecule has 0 aromatic heterocycles. The summed E-state index contributed by atoms with van der Waals surface area (Å²) in [5.41, 5.74) is 2.49. The van der Waals surface area contributed by atoms with Gasteiger partial charge in [-0.25, -0.2) is 0 Å². The Morgan fingerprint density at radius 3 is 2.25 bits per heavy atom. The fourth-order valence-corrected chi connectivity index (χ4v) is 2.70. The Morgan fingerprint density at radius 2 is 1.75 bits per heavy atom. The first-order valence-electron chi connectivity index (χ1n) is 5.26. The third kappa shape index (κ3) is 4.10. The molecule has 0 aliphatic heterocycles. The first-order valence-corrected chi connectivity index (χ1v) is 8.83. The first-order chi connectivity index (χ1) is 5.58. The maximum Gasteiger partial charge on any atom is 0.0682 e. The van der Waals surface area contributed by atoms with E-state index in [1.165, 1.54) is 32.1 Å². The highest BCUT2D eigenvalue weighted by molar-refractivity contribution is 6.80. The zero-order valence-corrected chi connectivity index (χ0v) is 9.77. The van der Waals surface area contributed by atoms with Gasteiger partial charge in [0.05, 0.1) is 8.07 Å². The zero-order valence-electron chi connectivity index (χ0n) is 8.77. The van der Waals surface area contributed by atoms with Gasteiger partial charge in [-0.1, -0.05) is 57.1 Å². The van der Waals surface area contributed by atoms with Crippen molar-refractivity contribution in [2.75, 3.05) is 0 Å².